The molecule has 0 radical (unpaired) electrons. The highest BCUT2D eigenvalue weighted by Gasteiger charge is 2.30. The number of hydrogen-bond donors (Lipinski definition) is 12. The van der Waals surface area contributed by atoms with E-state index < -0.39 is 115 Å². The molecule has 594 valence electrons. The van der Waals surface area contributed by atoms with Gasteiger partial charge in [-0.3, -0.25) is 81.9 Å². The highest BCUT2D eigenvalue weighted by atomic mass is 16.5. The maximum Gasteiger partial charge on any atom is 0.344 e. The Bertz CT molecular complexity index is 3490. The molecule has 108 heavy (non-hydrogen) atoms. The van der Waals surface area contributed by atoms with Crippen LogP contribution in [0.1, 0.15) is 68.1 Å². The normalized spacial score (nSPS) is 13.8. The first kappa shape index (κ1) is 89.3. The number of guanidine groups is 1. The van der Waals surface area contributed by atoms with E-state index in [1.165, 1.54) is 47.4 Å². The zero-order valence-electron chi connectivity index (χ0n) is 62.3. The number of nitrogens with two attached hydrogens (primary N) is 1. The van der Waals surface area contributed by atoms with Gasteiger partial charge in [0, 0.05) is 140 Å². The Hall–Kier alpha value is -11.1. The summed E-state index contributed by atoms with van der Waals surface area (Å²) in [5.41, 5.74) is 7.85. The number of aromatic hydroxyl groups is 1. The Morgan fingerprint density at radius 3 is 1.46 bits per heavy atom. The maximum absolute atomic E-state index is 14.5. The number of carboxylic acid groups (broad SMARTS) is 3. The predicted molar refractivity (Wildman–Crippen MR) is 394 cm³/mol. The maximum atomic E-state index is 14.5. The molecule has 0 bridgehead atoms. The zero-order chi connectivity index (χ0) is 79.7. The van der Waals surface area contributed by atoms with Crippen molar-refractivity contribution in [3.63, 3.8) is 0 Å². The fourth-order valence-electron chi connectivity index (χ4n) is 10.8. The number of aliphatic imine (C=N–C) groups is 1. The van der Waals surface area contributed by atoms with Crippen molar-refractivity contribution in [2.45, 2.75) is 64.0 Å². The summed E-state index contributed by atoms with van der Waals surface area (Å²) in [6.45, 7) is 1.08. The van der Waals surface area contributed by atoms with Crippen molar-refractivity contribution in [2.24, 2.45) is 10.7 Å². The minimum absolute atomic E-state index is 0.0567. The van der Waals surface area contributed by atoms with Crippen LogP contribution < -0.4 is 47.7 Å². The number of hydrogen-bond acceptors (Lipinski definition) is 20. The second-order valence-corrected chi connectivity index (χ2v) is 25.9. The molecule has 0 spiro atoms. The fraction of sp³-hybridized carbons (Fsp3) is 0.535. The van der Waals surface area contributed by atoms with Gasteiger partial charge in [-0.15, -0.1) is 0 Å². The topological polar surface area (TPSA) is 481 Å². The van der Waals surface area contributed by atoms with E-state index in [9.17, 15) is 87.5 Å². The van der Waals surface area contributed by atoms with Crippen LogP contribution in [0.3, 0.4) is 0 Å². The quantitative estimate of drug-likeness (QED) is 0.0151. The van der Waals surface area contributed by atoms with E-state index in [1.807, 2.05) is 6.07 Å². The molecule has 0 aromatic heterocycles. The number of rotatable bonds is 42. The number of carbonyl (C=O) groups is 14. The van der Waals surface area contributed by atoms with Gasteiger partial charge in [-0.2, -0.15) is 4.99 Å². The van der Waals surface area contributed by atoms with Gasteiger partial charge in [0.1, 0.15) is 17.5 Å². The standard InChI is InChI=1S/C71H106N18O19/c1-7-56(91)75-28-29-77-71(107)80-70(72)76-26-14-19-55(68(105)78-40-50-20-22-53(90)23-21-50)79-69(106)67(51-15-9-8-10-16-51)52-17-13-18-54(39-52)108-38-12-11-25-73-57(92)41-81(2)60(95)44-83(4)62(97)46-85(6)63(98)45-84(5)61(96)43-82(3)59(94)24-27-74-58(93)42-86-30-32-87(47-64(99)100)34-36-89(49-66(103)104)37-35-88(33-31-86)48-65(101)102/h8-10,13,15-18,20-23,39,55,67,90H,7,11-12,14,19,24-38,40-49H2,1-6H3,(H,73,92)(H,74,93)(H,75,91)(H,78,105)(H,79,106)(H,99,100)(H,101,102)(H,103,104)(H4,72,76,77,80,107)/t55-,67?/m1/s1. The molecule has 1 heterocycles. The molecule has 4 rings (SSSR count). The van der Waals surface area contributed by atoms with Gasteiger partial charge in [-0.1, -0.05) is 61.5 Å². The minimum Gasteiger partial charge on any atom is -0.508 e. The van der Waals surface area contributed by atoms with Crippen molar-refractivity contribution >= 4 is 89.0 Å². The molecular formula is C71H106N18O19. The molecule has 1 aliphatic heterocycles. The molecule has 13 N–H and O–H groups in total. The van der Waals surface area contributed by atoms with Gasteiger partial charge in [0.25, 0.3) is 0 Å². The van der Waals surface area contributed by atoms with Crippen LogP contribution in [0.2, 0.25) is 0 Å². The number of carbonyl (C=O) groups excluding carboxylic acids is 11. The Morgan fingerprint density at radius 2 is 0.944 bits per heavy atom. The molecule has 2 atom stereocenters. The van der Waals surface area contributed by atoms with E-state index in [1.54, 1.807) is 87.2 Å². The number of carboxylic acids is 3. The van der Waals surface area contributed by atoms with Crippen LogP contribution in [-0.4, -0.2) is 345 Å². The van der Waals surface area contributed by atoms with Crippen LogP contribution in [-0.2, 0) is 68.9 Å². The molecule has 1 fully saturated rings. The number of amides is 12. The van der Waals surface area contributed by atoms with Crippen molar-refractivity contribution in [3.05, 3.63) is 95.6 Å². The molecular weight excluding hydrogens is 1410 g/mol. The smallest absolute Gasteiger partial charge is 0.344 e. The van der Waals surface area contributed by atoms with Crippen molar-refractivity contribution in [3.8, 4) is 11.5 Å². The van der Waals surface area contributed by atoms with E-state index in [4.69, 9.17) is 10.5 Å². The zero-order valence-corrected chi connectivity index (χ0v) is 62.3. The lowest BCUT2D eigenvalue weighted by molar-refractivity contribution is -0.145. The summed E-state index contributed by atoms with van der Waals surface area (Å²) < 4.78 is 6.10. The van der Waals surface area contributed by atoms with Gasteiger partial charge in [-0.25, -0.2) is 4.79 Å². The first-order valence-corrected chi connectivity index (χ1v) is 35.4. The van der Waals surface area contributed by atoms with Crippen molar-refractivity contribution in [1.82, 2.24) is 81.3 Å². The Morgan fingerprint density at radius 1 is 0.481 bits per heavy atom. The lowest BCUT2D eigenvalue weighted by Crippen LogP contribution is -2.50. The van der Waals surface area contributed by atoms with E-state index in [-0.39, 0.29) is 161 Å². The first-order chi connectivity index (χ1) is 51.4. The van der Waals surface area contributed by atoms with Crippen molar-refractivity contribution in [2.75, 3.05) is 186 Å². The van der Waals surface area contributed by atoms with E-state index in [0.717, 1.165) is 24.5 Å². The number of urea groups is 1. The van der Waals surface area contributed by atoms with E-state index >= 15 is 0 Å². The highest BCUT2D eigenvalue weighted by Crippen LogP contribution is 2.28. The number of phenolic OH excluding ortho intramolecular Hbond substituents is 1. The summed E-state index contributed by atoms with van der Waals surface area (Å²) >= 11 is 0. The third-order valence-electron chi connectivity index (χ3n) is 17.1. The van der Waals surface area contributed by atoms with Gasteiger partial charge < -0.3 is 92.6 Å². The largest absolute Gasteiger partial charge is 0.508 e. The lowest BCUT2D eigenvalue weighted by atomic mass is 9.90. The van der Waals surface area contributed by atoms with Crippen molar-refractivity contribution < 1.29 is 92.3 Å². The summed E-state index contributed by atoms with van der Waals surface area (Å²) in [5.74, 6) is -8.83. The summed E-state index contributed by atoms with van der Waals surface area (Å²) in [5, 5.41) is 57.5. The Kier molecular flexibility index (Phi) is 39.9. The first-order valence-electron chi connectivity index (χ1n) is 35.4. The second kappa shape index (κ2) is 48.2. The van der Waals surface area contributed by atoms with Crippen LogP contribution in [0.4, 0.5) is 4.79 Å². The number of likely N-dealkylation sites (N-methyl/N-ethyl adjacent to an activating group) is 5. The third-order valence-corrected chi connectivity index (χ3v) is 17.1. The monoisotopic (exact) mass is 1510 g/mol. The SMILES string of the molecule is CCC(=O)NCCNC(=O)/N=C(/N)NCCC[C@@H](NC(=O)C(c1ccccc1)c1cccc(OCCCCNC(=O)CN(C)C(=O)CN(C)C(=O)CN(C)C(=O)CN(C)C(=O)CN(C)C(=O)CCNC(=O)CN2CCN(CC(=O)O)CCN(CC(=O)O)CCN(CC(=O)O)CC2)c1)C(=O)NCc1ccc(O)cc1. The number of nitrogens with one attached hydrogen (secondary N) is 7. The third kappa shape index (κ3) is 35.8. The molecule has 3 aromatic rings. The summed E-state index contributed by atoms with van der Waals surface area (Å²) in [6.07, 6.45) is 1.53. The molecule has 1 aliphatic rings. The van der Waals surface area contributed by atoms with Gasteiger partial charge in [0.05, 0.1) is 71.4 Å². The molecule has 3 aromatic carbocycles. The highest BCUT2D eigenvalue weighted by molar-refractivity contribution is 5.94. The van der Waals surface area contributed by atoms with Crippen molar-refractivity contribution in [1.29, 1.82) is 0 Å². The predicted octanol–water partition coefficient (Wildman–Crippen LogP) is -3.21. The van der Waals surface area contributed by atoms with E-state index in [2.05, 4.69) is 42.2 Å². The number of nitrogens with zero attached hydrogens (tertiary/aromatic N) is 10. The summed E-state index contributed by atoms with van der Waals surface area (Å²) in [6, 6.07) is 20.5. The Labute approximate surface area is 627 Å². The molecule has 1 saturated heterocycles. The molecule has 1 unspecified atom stereocenters. The van der Waals surface area contributed by atoms with Gasteiger partial charge in [-0.05, 0) is 66.6 Å². The van der Waals surface area contributed by atoms with Gasteiger partial charge in [0.15, 0.2) is 5.96 Å². The number of ether oxygens (including phenoxy) is 1. The number of aliphatic carboxylic acids is 3. The van der Waals surface area contributed by atoms with Gasteiger partial charge >= 0.3 is 23.9 Å². The molecule has 37 heteroatoms. The van der Waals surface area contributed by atoms with Crippen LogP contribution in [0, 0.1) is 0 Å². The second-order valence-electron chi connectivity index (χ2n) is 25.9. The number of phenols is 1. The van der Waals surface area contributed by atoms with Crippen LogP contribution >= 0.6 is 0 Å². The molecule has 37 nitrogen and oxygen atoms in total. The summed E-state index contributed by atoms with van der Waals surface area (Å²) in [7, 11) is 6.80. The summed E-state index contributed by atoms with van der Waals surface area (Å²) in [4.78, 5) is 195. The average Bonchev–Trinajstić information content (AvgIpc) is 0.816. The van der Waals surface area contributed by atoms with Crippen LogP contribution in [0.25, 0.3) is 0 Å². The fourth-order valence-corrected chi connectivity index (χ4v) is 10.8. The number of unbranched alkanes of at least 4 members (excludes halogenated alkanes) is 1. The van der Waals surface area contributed by atoms with Crippen LogP contribution in [0.5, 0.6) is 11.5 Å². The van der Waals surface area contributed by atoms with Crippen LogP contribution in [0.15, 0.2) is 83.9 Å². The van der Waals surface area contributed by atoms with Gasteiger partial charge in [0.2, 0.25) is 59.1 Å². The average molecular weight is 1520 g/mol. The number of benzene rings is 3. The Balaban J connectivity index is 1.18. The molecule has 12 amide bonds. The molecule has 0 aliphatic carbocycles. The van der Waals surface area contributed by atoms with E-state index in [0.29, 0.717) is 48.1 Å². The molecule has 0 saturated carbocycles. The lowest BCUT2D eigenvalue weighted by Gasteiger charge is -2.32. The minimum atomic E-state index is -1.09.